The van der Waals surface area contributed by atoms with Gasteiger partial charge >= 0.3 is 5.97 Å². The summed E-state index contributed by atoms with van der Waals surface area (Å²) in [5.74, 6) is -0.775. The summed E-state index contributed by atoms with van der Waals surface area (Å²) in [5.41, 5.74) is 0.157. The Morgan fingerprint density at radius 2 is 2.18 bits per heavy atom. The topological polar surface area (TPSA) is 77.8 Å². The molecule has 1 fully saturated rings. The van der Waals surface area contributed by atoms with Gasteiger partial charge in [0.05, 0.1) is 0 Å². The normalized spacial score (nSPS) is 13.9. The predicted octanol–water partition coefficient (Wildman–Crippen LogP) is 1.15. The van der Waals surface area contributed by atoms with E-state index < -0.39 is 5.97 Å². The number of carbonyl (C=O) groups excluding carboxylic acids is 1. The number of rotatable bonds is 5. The van der Waals surface area contributed by atoms with Crippen LogP contribution in [0.4, 0.5) is 0 Å². The van der Waals surface area contributed by atoms with Crippen molar-refractivity contribution < 1.29 is 19.8 Å². The van der Waals surface area contributed by atoms with E-state index in [-0.39, 0.29) is 18.1 Å². The van der Waals surface area contributed by atoms with Crippen LogP contribution < -0.4 is 0 Å². The first-order chi connectivity index (χ1) is 8.02. The highest BCUT2D eigenvalue weighted by Crippen LogP contribution is 2.08. The lowest BCUT2D eigenvalue weighted by molar-refractivity contribution is -0.132. The number of hydrogen-bond acceptors (Lipinski definition) is 3. The van der Waals surface area contributed by atoms with Crippen molar-refractivity contribution in [2.24, 2.45) is 0 Å². The lowest BCUT2D eigenvalue weighted by Gasteiger charge is -2.05. The van der Waals surface area contributed by atoms with Crippen LogP contribution in [0.5, 0.6) is 0 Å². The van der Waals surface area contributed by atoms with Gasteiger partial charge in [0.25, 0.3) is 0 Å². The third-order valence-electron chi connectivity index (χ3n) is 2.27. The summed E-state index contributed by atoms with van der Waals surface area (Å²) in [6, 6.07) is 0. The first-order valence-corrected chi connectivity index (χ1v) is 5.47. The maximum atomic E-state index is 10.7. The highest BCUT2D eigenvalue weighted by atomic mass is 16.4. The molecule has 0 aromatic rings. The van der Waals surface area contributed by atoms with E-state index in [0.717, 1.165) is 13.0 Å². The second kappa shape index (κ2) is 8.52. The molecule has 5 nitrogen and oxygen atoms in total. The van der Waals surface area contributed by atoms with Crippen molar-refractivity contribution in [1.82, 2.24) is 4.90 Å². The Labute approximate surface area is 101 Å². The summed E-state index contributed by atoms with van der Waals surface area (Å²) in [7, 11) is 0. The van der Waals surface area contributed by atoms with E-state index in [1.165, 1.54) is 0 Å². The van der Waals surface area contributed by atoms with Gasteiger partial charge in [0, 0.05) is 25.1 Å². The number of likely N-dealkylation sites (tertiary alicyclic amines) is 1. The fourth-order valence-electron chi connectivity index (χ4n) is 1.26. The molecule has 96 valence electrons. The Hall–Kier alpha value is -1.62. The maximum Gasteiger partial charge on any atom is 0.330 e. The van der Waals surface area contributed by atoms with Gasteiger partial charge in [-0.15, -0.1) is 0 Å². The lowest BCUT2D eigenvalue weighted by Crippen LogP contribution is -2.16. The summed E-state index contributed by atoms with van der Waals surface area (Å²) < 4.78 is 0. The van der Waals surface area contributed by atoms with E-state index in [1.807, 2.05) is 0 Å². The molecule has 1 amide bonds. The first-order valence-electron chi connectivity index (χ1n) is 5.47. The van der Waals surface area contributed by atoms with Crippen molar-refractivity contribution in [2.45, 2.75) is 25.7 Å². The average Bonchev–Trinajstić information content (AvgIpc) is 2.72. The molecule has 0 radical (unpaired) electrons. The Morgan fingerprint density at radius 3 is 2.47 bits per heavy atom. The molecule has 1 heterocycles. The molecule has 0 saturated carbocycles. The average molecular weight is 241 g/mol. The van der Waals surface area contributed by atoms with Gasteiger partial charge < -0.3 is 15.1 Å². The number of aliphatic hydroxyl groups excluding tert-OH is 1. The smallest absolute Gasteiger partial charge is 0.330 e. The lowest BCUT2D eigenvalue weighted by atomic mass is 10.2. The molecule has 1 aliphatic heterocycles. The molecule has 0 aromatic heterocycles. The number of carboxylic acid groups (broad SMARTS) is 1. The summed E-state index contributed by atoms with van der Waals surface area (Å²) in [6.07, 6.45) is 4.13. The Bertz CT molecular complexity index is 299. The van der Waals surface area contributed by atoms with Gasteiger partial charge in [-0.3, -0.25) is 4.79 Å². The van der Waals surface area contributed by atoms with Crippen molar-refractivity contribution in [3.63, 3.8) is 0 Å². The summed E-state index contributed by atoms with van der Waals surface area (Å²) >= 11 is 0. The second-order valence-corrected chi connectivity index (χ2v) is 3.61. The van der Waals surface area contributed by atoms with Gasteiger partial charge in [-0.05, 0) is 25.5 Å². The van der Waals surface area contributed by atoms with Crippen molar-refractivity contribution in [2.75, 3.05) is 13.2 Å². The highest BCUT2D eigenvalue weighted by Gasteiger charge is 2.15. The molecular weight excluding hydrogens is 222 g/mol. The highest BCUT2D eigenvalue weighted by molar-refractivity contribution is 5.85. The molecule has 1 aliphatic rings. The zero-order valence-electron chi connectivity index (χ0n) is 9.89. The minimum Gasteiger partial charge on any atom is -0.478 e. The number of carbonyl (C=O) groups is 2. The van der Waals surface area contributed by atoms with E-state index >= 15 is 0 Å². The Kier molecular flexibility index (Phi) is 7.71. The molecule has 1 rings (SSSR count). The molecule has 0 spiro atoms. The van der Waals surface area contributed by atoms with E-state index in [2.05, 4.69) is 13.2 Å². The zero-order valence-corrected chi connectivity index (χ0v) is 9.89. The number of aliphatic hydroxyl groups is 1. The van der Waals surface area contributed by atoms with Crippen LogP contribution in [0, 0.1) is 0 Å². The van der Waals surface area contributed by atoms with Crippen LogP contribution in [0.25, 0.3) is 0 Å². The minimum absolute atomic E-state index is 0.0201. The molecule has 1 saturated heterocycles. The number of amides is 1. The summed E-state index contributed by atoms with van der Waals surface area (Å²) in [4.78, 5) is 22.3. The van der Waals surface area contributed by atoms with Crippen molar-refractivity contribution in [1.29, 1.82) is 0 Å². The van der Waals surface area contributed by atoms with Gasteiger partial charge in [0.15, 0.2) is 0 Å². The van der Waals surface area contributed by atoms with Crippen LogP contribution in [0.1, 0.15) is 25.7 Å². The summed E-state index contributed by atoms with van der Waals surface area (Å²) in [6.45, 7) is 7.66. The first kappa shape index (κ1) is 15.4. The van der Waals surface area contributed by atoms with Crippen LogP contribution in [-0.2, 0) is 9.59 Å². The van der Waals surface area contributed by atoms with E-state index in [9.17, 15) is 9.59 Å². The van der Waals surface area contributed by atoms with Crippen LogP contribution >= 0.6 is 0 Å². The quantitative estimate of drug-likeness (QED) is 0.708. The summed E-state index contributed by atoms with van der Waals surface area (Å²) in [5, 5.41) is 16.5. The van der Waals surface area contributed by atoms with Gasteiger partial charge in [0.1, 0.15) is 0 Å². The minimum atomic E-state index is -0.983. The van der Waals surface area contributed by atoms with Crippen molar-refractivity contribution >= 4 is 11.9 Å². The number of aliphatic carboxylic acids is 1. The van der Waals surface area contributed by atoms with Gasteiger partial charge in [0.2, 0.25) is 5.91 Å². The number of carboxylic acids is 1. The molecular formula is C12H19NO4. The molecule has 0 aromatic carbocycles. The van der Waals surface area contributed by atoms with Crippen molar-refractivity contribution in [3.05, 3.63) is 24.9 Å². The third kappa shape index (κ3) is 6.52. The van der Waals surface area contributed by atoms with Crippen LogP contribution in [0.3, 0.4) is 0 Å². The van der Waals surface area contributed by atoms with E-state index in [0.29, 0.717) is 19.3 Å². The fraction of sp³-hybridized carbons (Fsp3) is 0.500. The maximum absolute atomic E-state index is 10.7. The Balaban J connectivity index is 0.000000302. The Morgan fingerprint density at radius 1 is 1.53 bits per heavy atom. The molecule has 0 bridgehead atoms. The van der Waals surface area contributed by atoms with Gasteiger partial charge in [-0.1, -0.05) is 13.2 Å². The van der Waals surface area contributed by atoms with Gasteiger partial charge in [-0.2, -0.15) is 0 Å². The zero-order chi connectivity index (χ0) is 13.3. The largest absolute Gasteiger partial charge is 0.478 e. The molecule has 0 aliphatic carbocycles. The third-order valence-corrected chi connectivity index (χ3v) is 2.27. The van der Waals surface area contributed by atoms with E-state index in [4.69, 9.17) is 10.2 Å². The molecule has 2 N–H and O–H groups in total. The van der Waals surface area contributed by atoms with Crippen molar-refractivity contribution in [3.8, 4) is 0 Å². The molecule has 17 heavy (non-hydrogen) atoms. The molecule has 0 unspecified atom stereocenters. The van der Waals surface area contributed by atoms with Crippen LogP contribution in [0.15, 0.2) is 24.9 Å². The second-order valence-electron chi connectivity index (χ2n) is 3.61. The van der Waals surface area contributed by atoms with Crippen LogP contribution in [-0.4, -0.2) is 40.1 Å². The van der Waals surface area contributed by atoms with E-state index in [1.54, 1.807) is 11.1 Å². The fourth-order valence-corrected chi connectivity index (χ4v) is 1.26. The molecule has 0 atom stereocenters. The monoisotopic (exact) mass is 241 g/mol. The standard InChI is InChI=1S/C6H9NO.C6H10O3/c1-2-7-5-3-4-6(7)8;1-5(6(8)9)3-2-4-7/h2H,1,3-5H2;7H,1-4H2,(H,8,9). The number of hydrogen-bond donors (Lipinski definition) is 2. The van der Waals surface area contributed by atoms with Crippen LogP contribution in [0.2, 0.25) is 0 Å². The van der Waals surface area contributed by atoms with Gasteiger partial charge in [-0.25, -0.2) is 4.79 Å². The predicted molar refractivity (Wildman–Crippen MR) is 64.2 cm³/mol. The SMILES string of the molecule is C=C(CCCO)C(=O)O.C=CN1CCCC1=O. The molecule has 5 heteroatoms. The number of nitrogens with zero attached hydrogens (tertiary/aromatic N) is 1.